The van der Waals surface area contributed by atoms with Crippen LogP contribution < -0.4 is 5.32 Å². The third-order valence-electron chi connectivity index (χ3n) is 3.75. The maximum atomic E-state index is 13.6. The van der Waals surface area contributed by atoms with Gasteiger partial charge in [-0.05, 0) is 54.8 Å². The largest absolute Gasteiger partial charge is 0.345 e. The van der Waals surface area contributed by atoms with Crippen LogP contribution in [0.15, 0.2) is 41.3 Å². The van der Waals surface area contributed by atoms with E-state index < -0.39 is 0 Å². The molecule has 3 rings (SSSR count). The first-order valence-electron chi connectivity index (χ1n) is 7.04. The fourth-order valence-corrected chi connectivity index (χ4v) is 3.78. The van der Waals surface area contributed by atoms with E-state index in [0.29, 0.717) is 16.1 Å². The standard InChI is InChI=1S/C17H15ClFNOS/c1-10-2-3-11(8-14(10)19)17(21)20-15-6-7-22-16-5-4-12(18)9-13(15)16/h2-5,8-9,15H,6-7H2,1H3,(H,20,21). The third kappa shape index (κ3) is 3.13. The van der Waals surface area contributed by atoms with Crippen molar-refractivity contribution in [3.05, 3.63) is 63.9 Å². The van der Waals surface area contributed by atoms with Crippen LogP contribution in [0.4, 0.5) is 4.39 Å². The van der Waals surface area contributed by atoms with E-state index in [1.807, 2.05) is 18.2 Å². The highest BCUT2D eigenvalue weighted by molar-refractivity contribution is 7.99. The molecule has 0 fully saturated rings. The number of halogens is 2. The number of carbonyl (C=O) groups excluding carboxylic acids is 1. The summed E-state index contributed by atoms with van der Waals surface area (Å²) in [5, 5.41) is 3.64. The smallest absolute Gasteiger partial charge is 0.251 e. The van der Waals surface area contributed by atoms with E-state index in [1.54, 1.807) is 30.8 Å². The maximum absolute atomic E-state index is 13.6. The zero-order valence-electron chi connectivity index (χ0n) is 12.0. The molecule has 114 valence electrons. The van der Waals surface area contributed by atoms with Crippen LogP contribution in [0.1, 0.15) is 33.9 Å². The van der Waals surface area contributed by atoms with E-state index >= 15 is 0 Å². The van der Waals surface area contributed by atoms with Gasteiger partial charge in [-0.25, -0.2) is 4.39 Å². The molecular formula is C17H15ClFNOS. The first-order valence-corrected chi connectivity index (χ1v) is 8.40. The van der Waals surface area contributed by atoms with Gasteiger partial charge in [0, 0.05) is 21.2 Å². The molecule has 2 nitrogen and oxygen atoms in total. The molecule has 0 bridgehead atoms. The Kier molecular flexibility index (Phi) is 4.41. The van der Waals surface area contributed by atoms with Gasteiger partial charge in [0.1, 0.15) is 5.82 Å². The lowest BCUT2D eigenvalue weighted by molar-refractivity contribution is 0.0934. The van der Waals surface area contributed by atoms with Crippen molar-refractivity contribution in [1.82, 2.24) is 5.32 Å². The molecule has 5 heteroatoms. The van der Waals surface area contributed by atoms with Gasteiger partial charge in [0.05, 0.1) is 6.04 Å². The molecule has 0 saturated heterocycles. The molecule has 0 radical (unpaired) electrons. The second-order valence-corrected chi connectivity index (χ2v) is 6.88. The van der Waals surface area contributed by atoms with Crippen molar-refractivity contribution < 1.29 is 9.18 Å². The molecule has 2 aromatic carbocycles. The van der Waals surface area contributed by atoms with Gasteiger partial charge in [-0.1, -0.05) is 17.7 Å². The summed E-state index contributed by atoms with van der Waals surface area (Å²) in [6.07, 6.45) is 0.831. The van der Waals surface area contributed by atoms with Crippen molar-refractivity contribution in [2.45, 2.75) is 24.3 Å². The lowest BCUT2D eigenvalue weighted by atomic mass is 10.0. The second-order valence-electron chi connectivity index (χ2n) is 5.31. The second kappa shape index (κ2) is 6.31. The summed E-state index contributed by atoms with van der Waals surface area (Å²) in [5.41, 5.74) is 1.90. The van der Waals surface area contributed by atoms with E-state index in [-0.39, 0.29) is 17.8 Å². The average molecular weight is 336 g/mol. The molecule has 22 heavy (non-hydrogen) atoms. The van der Waals surface area contributed by atoms with Crippen molar-refractivity contribution >= 4 is 29.3 Å². The number of nitrogens with one attached hydrogen (secondary N) is 1. The molecule has 1 heterocycles. The minimum Gasteiger partial charge on any atom is -0.345 e. The summed E-state index contributed by atoms with van der Waals surface area (Å²) in [6.45, 7) is 1.67. The maximum Gasteiger partial charge on any atom is 0.251 e. The van der Waals surface area contributed by atoms with Crippen molar-refractivity contribution in [2.75, 3.05) is 5.75 Å². The lowest BCUT2D eigenvalue weighted by Gasteiger charge is -2.26. The number of hydrogen-bond acceptors (Lipinski definition) is 2. The fraction of sp³-hybridized carbons (Fsp3) is 0.235. The van der Waals surface area contributed by atoms with Gasteiger partial charge in [0.15, 0.2) is 0 Å². The molecule has 0 spiro atoms. The number of aryl methyl sites for hydroxylation is 1. The summed E-state index contributed by atoms with van der Waals surface area (Å²) < 4.78 is 13.6. The molecule has 1 unspecified atom stereocenters. The summed E-state index contributed by atoms with van der Waals surface area (Å²) in [6, 6.07) is 10.2. The number of rotatable bonds is 2. The quantitative estimate of drug-likeness (QED) is 0.857. The first-order chi connectivity index (χ1) is 10.5. The number of benzene rings is 2. The fourth-order valence-electron chi connectivity index (χ4n) is 2.49. The van der Waals surface area contributed by atoms with Gasteiger partial charge in [0.2, 0.25) is 0 Å². The summed E-state index contributed by atoms with van der Waals surface area (Å²) in [4.78, 5) is 13.5. The number of amides is 1. The highest BCUT2D eigenvalue weighted by Crippen LogP contribution is 2.37. The minimum absolute atomic E-state index is 0.0909. The molecule has 0 aliphatic carbocycles. The zero-order valence-corrected chi connectivity index (χ0v) is 13.6. The Bertz CT molecular complexity index is 735. The monoisotopic (exact) mass is 335 g/mol. The van der Waals surface area contributed by atoms with Crippen LogP contribution in [0.5, 0.6) is 0 Å². The molecule has 1 amide bonds. The van der Waals surface area contributed by atoms with Gasteiger partial charge in [-0.3, -0.25) is 4.79 Å². The van der Waals surface area contributed by atoms with Crippen molar-refractivity contribution in [2.24, 2.45) is 0 Å². The van der Waals surface area contributed by atoms with Crippen LogP contribution in [0, 0.1) is 12.7 Å². The van der Waals surface area contributed by atoms with Crippen molar-refractivity contribution in [3.63, 3.8) is 0 Å². The van der Waals surface area contributed by atoms with Crippen LogP contribution >= 0.6 is 23.4 Å². The predicted molar refractivity (Wildman–Crippen MR) is 88.1 cm³/mol. The van der Waals surface area contributed by atoms with Gasteiger partial charge >= 0.3 is 0 Å². The van der Waals surface area contributed by atoms with Crippen LogP contribution in [0.3, 0.4) is 0 Å². The molecule has 1 atom stereocenters. The summed E-state index contributed by atoms with van der Waals surface area (Å²) in [7, 11) is 0. The van der Waals surface area contributed by atoms with Crippen molar-refractivity contribution in [3.8, 4) is 0 Å². The highest BCUT2D eigenvalue weighted by Gasteiger charge is 2.23. The molecular weight excluding hydrogens is 321 g/mol. The molecule has 0 aromatic heterocycles. The third-order valence-corrected chi connectivity index (χ3v) is 5.11. The van der Waals surface area contributed by atoms with Gasteiger partial charge in [-0.15, -0.1) is 11.8 Å². The summed E-state index contributed by atoms with van der Waals surface area (Å²) in [5.74, 6) is 0.305. The van der Waals surface area contributed by atoms with E-state index in [9.17, 15) is 9.18 Å². The molecule has 1 N–H and O–H groups in total. The number of fused-ring (bicyclic) bond motifs is 1. The number of thioether (sulfide) groups is 1. The number of hydrogen-bond donors (Lipinski definition) is 1. The Morgan fingerprint density at radius 2 is 2.14 bits per heavy atom. The molecule has 1 aliphatic heterocycles. The Labute approximate surface area is 138 Å². The average Bonchev–Trinajstić information content (AvgIpc) is 2.50. The lowest BCUT2D eigenvalue weighted by Crippen LogP contribution is -2.30. The van der Waals surface area contributed by atoms with Gasteiger partial charge in [0.25, 0.3) is 5.91 Å². The van der Waals surface area contributed by atoms with Crippen LogP contribution in [-0.2, 0) is 0 Å². The SMILES string of the molecule is Cc1ccc(C(=O)NC2CCSc3ccc(Cl)cc32)cc1F. The molecule has 1 aliphatic rings. The highest BCUT2D eigenvalue weighted by atomic mass is 35.5. The Hall–Kier alpha value is -1.52. The normalized spacial score (nSPS) is 17.0. The van der Waals surface area contributed by atoms with E-state index in [2.05, 4.69) is 5.32 Å². The summed E-state index contributed by atoms with van der Waals surface area (Å²) >= 11 is 7.82. The molecule has 0 saturated carbocycles. The minimum atomic E-state index is -0.365. The van der Waals surface area contributed by atoms with E-state index in [4.69, 9.17) is 11.6 Å². The topological polar surface area (TPSA) is 29.1 Å². The van der Waals surface area contributed by atoms with Crippen LogP contribution in [0.25, 0.3) is 0 Å². The predicted octanol–water partition coefficient (Wildman–Crippen LogP) is 4.75. The van der Waals surface area contributed by atoms with Crippen molar-refractivity contribution in [1.29, 1.82) is 0 Å². The zero-order chi connectivity index (χ0) is 15.7. The Morgan fingerprint density at radius 1 is 1.32 bits per heavy atom. The number of carbonyl (C=O) groups is 1. The van der Waals surface area contributed by atoms with E-state index in [0.717, 1.165) is 22.6 Å². The first kappa shape index (κ1) is 15.4. The van der Waals surface area contributed by atoms with Gasteiger partial charge < -0.3 is 5.32 Å². The Morgan fingerprint density at radius 3 is 2.91 bits per heavy atom. The molecule has 2 aromatic rings. The van der Waals surface area contributed by atoms with Crippen LogP contribution in [-0.4, -0.2) is 11.7 Å². The van der Waals surface area contributed by atoms with Gasteiger partial charge in [-0.2, -0.15) is 0 Å². The Balaban J connectivity index is 1.83. The van der Waals surface area contributed by atoms with Crippen LogP contribution in [0.2, 0.25) is 5.02 Å². The van der Waals surface area contributed by atoms with E-state index in [1.165, 1.54) is 6.07 Å².